The summed E-state index contributed by atoms with van der Waals surface area (Å²) in [7, 11) is 1.46. The van der Waals surface area contributed by atoms with Crippen molar-refractivity contribution < 1.29 is 22.7 Å². The van der Waals surface area contributed by atoms with Crippen LogP contribution in [0.4, 0.5) is 18.3 Å². The van der Waals surface area contributed by atoms with E-state index in [2.05, 4.69) is 20.6 Å². The van der Waals surface area contributed by atoms with Crippen LogP contribution in [0, 0.1) is 0 Å². The lowest BCUT2D eigenvalue weighted by atomic mass is 10.1. The van der Waals surface area contributed by atoms with E-state index in [1.54, 1.807) is 36.6 Å². The van der Waals surface area contributed by atoms with E-state index in [1.165, 1.54) is 29.3 Å². The average Bonchev–Trinajstić information content (AvgIpc) is 3.28. The maximum absolute atomic E-state index is 13.0. The zero-order chi connectivity index (χ0) is 21.7. The molecule has 7 nitrogen and oxygen atoms in total. The van der Waals surface area contributed by atoms with Gasteiger partial charge in [-0.15, -0.1) is 11.3 Å². The second-order valence-electron chi connectivity index (χ2n) is 6.12. The highest BCUT2D eigenvalue weighted by molar-refractivity contribution is 7.13. The SMILES string of the molecule is CCOC(=O)Cc1csc(NN=Cc2ccccc2-c2cc(C(F)(F)F)nn2C)n1. The maximum Gasteiger partial charge on any atom is 0.435 e. The number of esters is 1. The number of rotatable bonds is 7. The second kappa shape index (κ2) is 9.08. The number of halogens is 3. The predicted octanol–water partition coefficient (Wildman–Crippen LogP) is 4.11. The number of aromatic nitrogens is 3. The van der Waals surface area contributed by atoms with Crippen molar-refractivity contribution >= 4 is 28.7 Å². The molecular weight excluding hydrogens is 419 g/mol. The fourth-order valence-corrected chi connectivity index (χ4v) is 3.32. The van der Waals surface area contributed by atoms with Gasteiger partial charge in [-0.3, -0.25) is 14.9 Å². The first-order valence-corrected chi connectivity index (χ1v) is 9.75. The third-order valence-electron chi connectivity index (χ3n) is 3.95. The van der Waals surface area contributed by atoms with E-state index in [0.717, 1.165) is 6.07 Å². The first-order valence-electron chi connectivity index (χ1n) is 8.87. The van der Waals surface area contributed by atoms with Crippen molar-refractivity contribution in [3.8, 4) is 11.3 Å². The molecule has 3 rings (SSSR count). The van der Waals surface area contributed by atoms with Crippen LogP contribution in [0.15, 0.2) is 40.8 Å². The molecule has 30 heavy (non-hydrogen) atoms. The molecule has 158 valence electrons. The number of nitrogens with one attached hydrogen (secondary N) is 1. The molecule has 2 aromatic heterocycles. The lowest BCUT2D eigenvalue weighted by Crippen LogP contribution is -2.07. The summed E-state index contributed by atoms with van der Waals surface area (Å²) in [5.41, 5.74) is 3.84. The number of hydrazone groups is 1. The quantitative estimate of drug-likeness (QED) is 0.342. The van der Waals surface area contributed by atoms with Gasteiger partial charge in [0.2, 0.25) is 5.13 Å². The molecule has 0 fully saturated rings. The number of aryl methyl sites for hydroxylation is 1. The molecule has 0 aliphatic heterocycles. The number of ether oxygens (including phenoxy) is 1. The molecule has 0 aliphatic carbocycles. The highest BCUT2D eigenvalue weighted by Crippen LogP contribution is 2.32. The number of nitrogens with zero attached hydrogens (tertiary/aromatic N) is 4. The number of alkyl halides is 3. The van der Waals surface area contributed by atoms with E-state index >= 15 is 0 Å². The van der Waals surface area contributed by atoms with E-state index in [9.17, 15) is 18.0 Å². The largest absolute Gasteiger partial charge is 0.466 e. The Hall–Kier alpha value is -3.21. The Morgan fingerprint density at radius 1 is 1.37 bits per heavy atom. The van der Waals surface area contributed by atoms with Gasteiger partial charge in [0.05, 0.1) is 30.6 Å². The van der Waals surface area contributed by atoms with Crippen LogP contribution in [0.1, 0.15) is 23.9 Å². The first-order chi connectivity index (χ1) is 14.3. The van der Waals surface area contributed by atoms with Gasteiger partial charge in [0.15, 0.2) is 5.69 Å². The molecular formula is C19H18F3N5O2S. The Labute approximate surface area is 174 Å². The molecule has 0 spiro atoms. The number of benzene rings is 1. The number of hydrogen-bond donors (Lipinski definition) is 1. The van der Waals surface area contributed by atoms with Crippen LogP contribution < -0.4 is 5.43 Å². The third-order valence-corrected chi connectivity index (χ3v) is 4.75. The minimum atomic E-state index is -4.52. The molecule has 0 aliphatic rings. The topological polar surface area (TPSA) is 81.4 Å². The fraction of sp³-hybridized carbons (Fsp3) is 0.263. The molecule has 11 heteroatoms. The van der Waals surface area contributed by atoms with E-state index in [0.29, 0.717) is 34.3 Å². The van der Waals surface area contributed by atoms with Gasteiger partial charge in [0.25, 0.3) is 0 Å². The Balaban J connectivity index is 1.75. The van der Waals surface area contributed by atoms with Crippen LogP contribution in [-0.4, -0.2) is 33.6 Å². The standard InChI is InChI=1S/C19H18F3N5O2S/c1-3-29-17(28)8-13-11-30-18(24-13)25-23-10-12-6-4-5-7-14(12)15-9-16(19(20,21)22)26-27(15)2/h4-7,9-11H,3,8H2,1-2H3,(H,24,25). The normalized spacial score (nSPS) is 11.8. The zero-order valence-corrected chi connectivity index (χ0v) is 16.9. The van der Waals surface area contributed by atoms with Gasteiger partial charge in [0.1, 0.15) is 0 Å². The summed E-state index contributed by atoms with van der Waals surface area (Å²) in [6.45, 7) is 2.03. The molecule has 0 unspecified atom stereocenters. The molecule has 1 aromatic carbocycles. The van der Waals surface area contributed by atoms with Crippen LogP contribution in [0.2, 0.25) is 0 Å². The van der Waals surface area contributed by atoms with E-state index in [-0.39, 0.29) is 12.4 Å². The number of hydrogen-bond acceptors (Lipinski definition) is 7. The lowest BCUT2D eigenvalue weighted by molar-refractivity contribution is -0.142. The van der Waals surface area contributed by atoms with Crippen molar-refractivity contribution in [2.75, 3.05) is 12.0 Å². The van der Waals surface area contributed by atoms with Crippen molar-refractivity contribution in [1.29, 1.82) is 0 Å². The summed E-state index contributed by atoms with van der Waals surface area (Å²) >= 11 is 1.27. The zero-order valence-electron chi connectivity index (χ0n) is 16.1. The van der Waals surface area contributed by atoms with E-state index < -0.39 is 11.9 Å². The predicted molar refractivity (Wildman–Crippen MR) is 107 cm³/mol. The molecule has 0 atom stereocenters. The van der Waals surface area contributed by atoms with Gasteiger partial charge >= 0.3 is 12.1 Å². The van der Waals surface area contributed by atoms with Gasteiger partial charge in [-0.1, -0.05) is 24.3 Å². The van der Waals surface area contributed by atoms with Crippen molar-refractivity contribution in [3.63, 3.8) is 0 Å². The van der Waals surface area contributed by atoms with Crippen LogP contribution in [0.5, 0.6) is 0 Å². The molecule has 0 amide bonds. The van der Waals surface area contributed by atoms with Crippen LogP contribution in [-0.2, 0) is 29.2 Å². The Morgan fingerprint density at radius 3 is 2.83 bits per heavy atom. The minimum absolute atomic E-state index is 0.0700. The van der Waals surface area contributed by atoms with Crippen LogP contribution in [0.3, 0.4) is 0 Å². The number of anilines is 1. The summed E-state index contributed by atoms with van der Waals surface area (Å²) in [5.74, 6) is -0.360. The van der Waals surface area contributed by atoms with E-state index in [1.807, 2.05) is 0 Å². The van der Waals surface area contributed by atoms with Gasteiger partial charge < -0.3 is 4.74 Å². The first kappa shape index (κ1) is 21.5. The Kier molecular flexibility index (Phi) is 6.50. The Morgan fingerprint density at radius 2 is 2.13 bits per heavy atom. The molecule has 1 N–H and O–H groups in total. The molecule has 0 radical (unpaired) electrons. The summed E-state index contributed by atoms with van der Waals surface area (Å²) in [6.07, 6.45) is -2.96. The third kappa shape index (κ3) is 5.23. The minimum Gasteiger partial charge on any atom is -0.466 e. The highest BCUT2D eigenvalue weighted by atomic mass is 32.1. The summed E-state index contributed by atoms with van der Waals surface area (Å²) < 4.78 is 45.0. The van der Waals surface area contributed by atoms with Crippen LogP contribution in [0.25, 0.3) is 11.3 Å². The van der Waals surface area contributed by atoms with Gasteiger partial charge in [0, 0.05) is 23.6 Å². The smallest absolute Gasteiger partial charge is 0.435 e. The van der Waals surface area contributed by atoms with Crippen molar-refractivity contribution in [2.24, 2.45) is 12.1 Å². The van der Waals surface area contributed by atoms with Gasteiger partial charge in [-0.25, -0.2) is 4.98 Å². The maximum atomic E-state index is 13.0. The molecule has 0 saturated carbocycles. The number of thiazole rings is 1. The van der Waals surface area contributed by atoms with Gasteiger partial charge in [-0.05, 0) is 13.0 Å². The Bertz CT molecular complexity index is 1060. The summed E-state index contributed by atoms with van der Waals surface area (Å²) in [4.78, 5) is 15.7. The lowest BCUT2D eigenvalue weighted by Gasteiger charge is -2.05. The monoisotopic (exact) mass is 437 g/mol. The summed E-state index contributed by atoms with van der Waals surface area (Å²) in [5, 5.41) is 9.86. The average molecular weight is 437 g/mol. The van der Waals surface area contributed by atoms with E-state index in [4.69, 9.17) is 4.74 Å². The van der Waals surface area contributed by atoms with Crippen LogP contribution >= 0.6 is 11.3 Å². The van der Waals surface area contributed by atoms with Crippen molar-refractivity contribution in [1.82, 2.24) is 14.8 Å². The molecule has 3 aromatic rings. The van der Waals surface area contributed by atoms with Crippen molar-refractivity contribution in [2.45, 2.75) is 19.5 Å². The molecule has 0 saturated heterocycles. The molecule has 2 heterocycles. The van der Waals surface area contributed by atoms with Gasteiger partial charge in [-0.2, -0.15) is 23.4 Å². The summed E-state index contributed by atoms with van der Waals surface area (Å²) in [6, 6.07) is 7.91. The number of carbonyl (C=O) groups is 1. The van der Waals surface area contributed by atoms with Crippen molar-refractivity contribution in [3.05, 3.63) is 52.7 Å². The number of carbonyl (C=O) groups excluding carboxylic acids is 1. The highest BCUT2D eigenvalue weighted by Gasteiger charge is 2.34. The second-order valence-corrected chi connectivity index (χ2v) is 6.98. The fourth-order valence-electron chi connectivity index (χ4n) is 2.66. The molecule has 0 bridgehead atoms.